The normalized spacial score (nSPS) is 12.6. The van der Waals surface area contributed by atoms with Crippen molar-refractivity contribution in [2.45, 2.75) is 19.5 Å². The fraction of sp³-hybridized carbons (Fsp3) is 0.438. The summed E-state index contributed by atoms with van der Waals surface area (Å²) in [6, 6.07) is 8.31. The summed E-state index contributed by atoms with van der Waals surface area (Å²) in [6.45, 7) is 4.03. The molecule has 1 heterocycles. The largest absolute Gasteiger partial charge is 0.494 e. The van der Waals surface area contributed by atoms with E-state index < -0.39 is 0 Å². The van der Waals surface area contributed by atoms with Crippen molar-refractivity contribution >= 4 is 0 Å². The molecule has 5 heteroatoms. The lowest BCUT2D eigenvalue weighted by atomic mass is 10.0. The average Bonchev–Trinajstić information content (AvgIpc) is 2.86. The maximum absolute atomic E-state index is 5.99. The maximum Gasteiger partial charge on any atom is 0.119 e. The van der Waals surface area contributed by atoms with Gasteiger partial charge in [0.2, 0.25) is 0 Å². The molecule has 1 unspecified atom stereocenters. The molecule has 2 rings (SSSR count). The standard InChI is InChI=1S/C16H24N4O/c1-4-21-15-7-5-6-14(8-15)16(9-17)19(2)11-13-10-18-20(3)12-13/h5-8,10,12,16H,4,9,11,17H2,1-3H3. The molecule has 0 saturated carbocycles. The molecule has 0 bridgehead atoms. The maximum atomic E-state index is 5.99. The van der Waals surface area contributed by atoms with Gasteiger partial charge < -0.3 is 10.5 Å². The minimum atomic E-state index is 0.158. The van der Waals surface area contributed by atoms with Gasteiger partial charge in [0.05, 0.1) is 12.8 Å². The van der Waals surface area contributed by atoms with E-state index in [0.717, 1.165) is 12.3 Å². The van der Waals surface area contributed by atoms with E-state index in [4.69, 9.17) is 10.5 Å². The lowest BCUT2D eigenvalue weighted by Crippen LogP contribution is -2.30. The minimum Gasteiger partial charge on any atom is -0.494 e. The molecule has 21 heavy (non-hydrogen) atoms. The summed E-state index contributed by atoms with van der Waals surface area (Å²) < 4.78 is 7.39. The Balaban J connectivity index is 2.12. The molecular weight excluding hydrogens is 264 g/mol. The number of nitrogens with zero attached hydrogens (tertiary/aromatic N) is 3. The van der Waals surface area contributed by atoms with Gasteiger partial charge >= 0.3 is 0 Å². The number of rotatable bonds is 7. The van der Waals surface area contributed by atoms with Crippen LogP contribution in [0.25, 0.3) is 0 Å². The van der Waals surface area contributed by atoms with Gasteiger partial charge in [0.1, 0.15) is 5.75 Å². The summed E-state index contributed by atoms with van der Waals surface area (Å²) in [4.78, 5) is 2.24. The second-order valence-corrected chi connectivity index (χ2v) is 5.19. The molecule has 2 N–H and O–H groups in total. The van der Waals surface area contributed by atoms with Crippen LogP contribution in [0.1, 0.15) is 24.1 Å². The molecule has 1 aromatic heterocycles. The molecule has 0 amide bonds. The Labute approximate surface area is 126 Å². The van der Waals surface area contributed by atoms with Gasteiger partial charge in [-0.15, -0.1) is 0 Å². The van der Waals surface area contributed by atoms with Gasteiger partial charge in [-0.3, -0.25) is 9.58 Å². The molecule has 0 saturated heterocycles. The quantitative estimate of drug-likeness (QED) is 0.846. The van der Waals surface area contributed by atoms with Crippen molar-refractivity contribution in [1.82, 2.24) is 14.7 Å². The van der Waals surface area contributed by atoms with Crippen LogP contribution in [0.5, 0.6) is 5.75 Å². The van der Waals surface area contributed by atoms with E-state index in [-0.39, 0.29) is 6.04 Å². The van der Waals surface area contributed by atoms with Crippen LogP contribution >= 0.6 is 0 Å². The van der Waals surface area contributed by atoms with Crippen LogP contribution in [0.15, 0.2) is 36.7 Å². The summed E-state index contributed by atoms with van der Waals surface area (Å²) in [5.74, 6) is 0.892. The first kappa shape index (κ1) is 15.5. The van der Waals surface area contributed by atoms with Crippen LogP contribution in [-0.4, -0.2) is 34.9 Å². The van der Waals surface area contributed by atoms with Crippen molar-refractivity contribution in [2.75, 3.05) is 20.2 Å². The van der Waals surface area contributed by atoms with Crippen LogP contribution in [0, 0.1) is 0 Å². The highest BCUT2D eigenvalue weighted by molar-refractivity contribution is 5.31. The first-order chi connectivity index (χ1) is 10.1. The molecular formula is C16H24N4O. The van der Waals surface area contributed by atoms with Gasteiger partial charge in [0, 0.05) is 37.9 Å². The number of nitrogens with two attached hydrogens (primary N) is 1. The zero-order valence-electron chi connectivity index (χ0n) is 13.0. The van der Waals surface area contributed by atoms with Gasteiger partial charge in [-0.1, -0.05) is 12.1 Å². The molecule has 1 aromatic carbocycles. The summed E-state index contributed by atoms with van der Waals surface area (Å²) in [5, 5.41) is 4.20. The van der Waals surface area contributed by atoms with Crippen molar-refractivity contribution in [3.63, 3.8) is 0 Å². The number of benzene rings is 1. The summed E-state index contributed by atoms with van der Waals surface area (Å²) >= 11 is 0. The Morgan fingerprint density at radius 3 is 2.86 bits per heavy atom. The molecule has 0 aliphatic heterocycles. The molecule has 0 aliphatic carbocycles. The van der Waals surface area contributed by atoms with Crippen LogP contribution < -0.4 is 10.5 Å². The summed E-state index contributed by atoms with van der Waals surface area (Å²) in [7, 11) is 4.01. The molecule has 5 nitrogen and oxygen atoms in total. The molecule has 0 fully saturated rings. The van der Waals surface area contributed by atoms with E-state index in [2.05, 4.69) is 29.2 Å². The number of likely N-dealkylation sites (N-methyl/N-ethyl adjacent to an activating group) is 1. The van der Waals surface area contributed by atoms with Crippen LogP contribution in [0.4, 0.5) is 0 Å². The lowest BCUT2D eigenvalue weighted by molar-refractivity contribution is 0.241. The zero-order valence-corrected chi connectivity index (χ0v) is 13.0. The Kier molecular flexibility index (Phi) is 5.36. The average molecular weight is 288 g/mol. The van der Waals surface area contributed by atoms with Crippen molar-refractivity contribution in [3.8, 4) is 5.75 Å². The van der Waals surface area contributed by atoms with Crippen LogP contribution in [-0.2, 0) is 13.6 Å². The predicted octanol–water partition coefficient (Wildman–Crippen LogP) is 1.95. The van der Waals surface area contributed by atoms with Crippen molar-refractivity contribution in [2.24, 2.45) is 12.8 Å². The van der Waals surface area contributed by atoms with Gasteiger partial charge in [-0.05, 0) is 31.7 Å². The molecule has 0 spiro atoms. The number of hydrogen-bond donors (Lipinski definition) is 1. The topological polar surface area (TPSA) is 56.3 Å². The highest BCUT2D eigenvalue weighted by Crippen LogP contribution is 2.24. The van der Waals surface area contributed by atoms with Gasteiger partial charge in [0.15, 0.2) is 0 Å². The summed E-state index contributed by atoms with van der Waals surface area (Å²) in [6.07, 6.45) is 3.92. The summed E-state index contributed by atoms with van der Waals surface area (Å²) in [5.41, 5.74) is 8.34. The van der Waals surface area contributed by atoms with Crippen LogP contribution in [0.3, 0.4) is 0 Å². The fourth-order valence-electron chi connectivity index (χ4n) is 2.50. The Morgan fingerprint density at radius 2 is 2.24 bits per heavy atom. The Hall–Kier alpha value is -1.85. The monoisotopic (exact) mass is 288 g/mol. The smallest absolute Gasteiger partial charge is 0.119 e. The van der Waals surface area contributed by atoms with E-state index in [1.165, 1.54) is 11.1 Å². The van der Waals surface area contributed by atoms with E-state index in [9.17, 15) is 0 Å². The van der Waals surface area contributed by atoms with Crippen molar-refractivity contribution < 1.29 is 4.74 Å². The van der Waals surface area contributed by atoms with E-state index in [1.54, 1.807) is 0 Å². The zero-order chi connectivity index (χ0) is 15.2. The Morgan fingerprint density at radius 1 is 1.43 bits per heavy atom. The second-order valence-electron chi connectivity index (χ2n) is 5.19. The Bertz CT molecular complexity index is 567. The highest BCUT2D eigenvalue weighted by atomic mass is 16.5. The molecule has 1 atom stereocenters. The van der Waals surface area contributed by atoms with Gasteiger partial charge in [0.25, 0.3) is 0 Å². The SMILES string of the molecule is CCOc1cccc(C(CN)N(C)Cc2cnn(C)c2)c1. The molecule has 114 valence electrons. The van der Waals surface area contributed by atoms with E-state index >= 15 is 0 Å². The third kappa shape index (κ3) is 4.06. The van der Waals surface area contributed by atoms with Gasteiger partial charge in [-0.25, -0.2) is 0 Å². The predicted molar refractivity (Wildman–Crippen MR) is 84.1 cm³/mol. The second kappa shape index (κ2) is 7.24. The molecule has 0 radical (unpaired) electrons. The van der Waals surface area contributed by atoms with Crippen LogP contribution in [0.2, 0.25) is 0 Å². The van der Waals surface area contributed by atoms with Crippen molar-refractivity contribution in [3.05, 3.63) is 47.8 Å². The first-order valence-electron chi connectivity index (χ1n) is 7.24. The van der Waals surface area contributed by atoms with Crippen molar-refractivity contribution in [1.29, 1.82) is 0 Å². The van der Waals surface area contributed by atoms with Gasteiger partial charge in [-0.2, -0.15) is 5.10 Å². The number of ether oxygens (including phenoxy) is 1. The minimum absolute atomic E-state index is 0.158. The first-order valence-corrected chi connectivity index (χ1v) is 7.24. The highest BCUT2D eigenvalue weighted by Gasteiger charge is 2.16. The third-order valence-electron chi connectivity index (χ3n) is 3.50. The molecule has 2 aromatic rings. The fourth-order valence-corrected chi connectivity index (χ4v) is 2.50. The number of hydrogen-bond acceptors (Lipinski definition) is 4. The van der Waals surface area contributed by atoms with E-state index in [0.29, 0.717) is 13.2 Å². The number of aromatic nitrogens is 2. The van der Waals surface area contributed by atoms with E-state index in [1.807, 2.05) is 43.2 Å². The third-order valence-corrected chi connectivity index (χ3v) is 3.50. The molecule has 0 aliphatic rings. The number of aryl methyl sites for hydroxylation is 1. The lowest BCUT2D eigenvalue weighted by Gasteiger charge is -2.27.